The van der Waals surface area contributed by atoms with Crippen molar-refractivity contribution in [3.05, 3.63) is 30.1 Å². The molecule has 1 aromatic heterocycles. The van der Waals surface area contributed by atoms with Gasteiger partial charge in [-0.1, -0.05) is 12.1 Å². The van der Waals surface area contributed by atoms with Crippen LogP contribution in [0, 0.1) is 28.1 Å². The molecule has 0 bridgehead atoms. The fraction of sp³-hybridized carbons (Fsp3) is 0.400. The Morgan fingerprint density at radius 3 is 2.68 bits per heavy atom. The van der Waals surface area contributed by atoms with Gasteiger partial charge in [0.2, 0.25) is 0 Å². The summed E-state index contributed by atoms with van der Waals surface area (Å²) in [7, 11) is 0. The van der Waals surface area contributed by atoms with Crippen molar-refractivity contribution in [1.29, 1.82) is 10.5 Å². The molecule has 0 unspecified atom stereocenters. The van der Waals surface area contributed by atoms with Crippen molar-refractivity contribution >= 4 is 11.0 Å². The van der Waals surface area contributed by atoms with Crippen LogP contribution in [0.1, 0.15) is 26.1 Å². The second kappa shape index (κ2) is 5.12. The van der Waals surface area contributed by atoms with Crippen molar-refractivity contribution < 1.29 is 0 Å². The van der Waals surface area contributed by atoms with Gasteiger partial charge in [-0.05, 0) is 32.4 Å². The van der Waals surface area contributed by atoms with Crippen LogP contribution in [0.15, 0.2) is 24.3 Å². The van der Waals surface area contributed by atoms with E-state index in [4.69, 9.17) is 10.5 Å². The van der Waals surface area contributed by atoms with Gasteiger partial charge >= 0.3 is 0 Å². The Bertz CT molecular complexity index is 667. The number of benzene rings is 1. The van der Waals surface area contributed by atoms with Crippen molar-refractivity contribution in [2.45, 2.75) is 33.2 Å². The smallest absolute Gasteiger partial charge is 0.124 e. The lowest BCUT2D eigenvalue weighted by atomic mass is 9.91. The summed E-state index contributed by atoms with van der Waals surface area (Å²) in [5.41, 5.74) is 1.57. The molecular formula is C15H16N4. The quantitative estimate of drug-likeness (QED) is 0.840. The van der Waals surface area contributed by atoms with E-state index in [1.807, 2.05) is 38.1 Å². The summed E-state index contributed by atoms with van der Waals surface area (Å²) < 4.78 is 2.05. The van der Waals surface area contributed by atoms with Crippen LogP contribution in [0.25, 0.3) is 11.0 Å². The minimum atomic E-state index is -0.366. The third-order valence-electron chi connectivity index (χ3n) is 3.23. The molecule has 1 heterocycles. The van der Waals surface area contributed by atoms with Gasteiger partial charge < -0.3 is 4.57 Å². The van der Waals surface area contributed by atoms with E-state index in [2.05, 4.69) is 21.7 Å². The van der Waals surface area contributed by atoms with Crippen molar-refractivity contribution in [2.24, 2.45) is 5.41 Å². The molecule has 0 amide bonds. The zero-order chi connectivity index (χ0) is 13.9. The number of hydrogen-bond acceptors (Lipinski definition) is 3. The molecule has 0 aliphatic heterocycles. The number of fused-ring (bicyclic) bond motifs is 1. The Kier molecular flexibility index (Phi) is 3.53. The number of nitrogens with zero attached hydrogens (tertiary/aromatic N) is 4. The van der Waals surface area contributed by atoms with E-state index in [9.17, 15) is 0 Å². The molecule has 0 N–H and O–H groups in total. The lowest BCUT2D eigenvalue weighted by Gasteiger charge is -2.16. The topological polar surface area (TPSA) is 65.4 Å². The van der Waals surface area contributed by atoms with Crippen LogP contribution in [-0.4, -0.2) is 9.55 Å². The van der Waals surface area contributed by atoms with Gasteiger partial charge in [0.05, 0.1) is 35.0 Å². The molecule has 0 saturated heterocycles. The van der Waals surface area contributed by atoms with E-state index in [0.29, 0.717) is 13.0 Å². The van der Waals surface area contributed by atoms with Gasteiger partial charge in [0, 0.05) is 6.54 Å². The first-order valence-electron chi connectivity index (χ1n) is 6.30. The molecule has 4 heteroatoms. The number of aryl methyl sites for hydroxylation is 1. The van der Waals surface area contributed by atoms with Gasteiger partial charge in [0.1, 0.15) is 5.82 Å². The molecule has 0 aliphatic carbocycles. The van der Waals surface area contributed by atoms with E-state index in [-0.39, 0.29) is 5.41 Å². The third-order valence-corrected chi connectivity index (χ3v) is 3.23. The van der Waals surface area contributed by atoms with Crippen LogP contribution in [0.2, 0.25) is 0 Å². The molecular weight excluding hydrogens is 236 g/mol. The molecule has 0 saturated carbocycles. The van der Waals surface area contributed by atoms with Gasteiger partial charge in [-0.15, -0.1) is 0 Å². The first-order valence-corrected chi connectivity index (χ1v) is 6.30. The number of para-hydroxylation sites is 2. The number of nitriles is 2. The Morgan fingerprint density at radius 1 is 1.26 bits per heavy atom. The van der Waals surface area contributed by atoms with Crippen LogP contribution >= 0.6 is 0 Å². The van der Waals surface area contributed by atoms with Crippen molar-refractivity contribution in [3.8, 4) is 12.1 Å². The molecule has 4 nitrogen and oxygen atoms in total. The standard InChI is InChI=1S/C15H16N4/c1-15(2,11-17)8-10-19-13-6-4-3-5-12(13)18-14(19)7-9-16/h3-6H,7-8,10H2,1-2H3. The van der Waals surface area contributed by atoms with Crippen LogP contribution in [-0.2, 0) is 13.0 Å². The van der Waals surface area contributed by atoms with E-state index in [1.165, 1.54) is 0 Å². The summed E-state index contributed by atoms with van der Waals surface area (Å²) in [5.74, 6) is 0.775. The number of imidazole rings is 1. The fourth-order valence-corrected chi connectivity index (χ4v) is 2.03. The molecule has 1 aromatic carbocycles. The Balaban J connectivity index is 2.38. The normalized spacial score (nSPS) is 11.2. The summed E-state index contributed by atoms with van der Waals surface area (Å²) >= 11 is 0. The van der Waals surface area contributed by atoms with E-state index in [0.717, 1.165) is 23.3 Å². The van der Waals surface area contributed by atoms with Crippen molar-refractivity contribution in [2.75, 3.05) is 0 Å². The average molecular weight is 252 g/mol. The Labute approximate surface area is 112 Å². The summed E-state index contributed by atoms with van der Waals surface area (Å²) in [4.78, 5) is 4.49. The lowest BCUT2D eigenvalue weighted by molar-refractivity contribution is 0.413. The van der Waals surface area contributed by atoms with E-state index in [1.54, 1.807) is 0 Å². The average Bonchev–Trinajstić information content (AvgIpc) is 2.74. The molecule has 0 radical (unpaired) electrons. The van der Waals surface area contributed by atoms with Gasteiger partial charge in [-0.3, -0.25) is 0 Å². The highest BCUT2D eigenvalue weighted by Gasteiger charge is 2.18. The van der Waals surface area contributed by atoms with Crippen LogP contribution in [0.5, 0.6) is 0 Å². The highest BCUT2D eigenvalue weighted by Crippen LogP contribution is 2.23. The van der Waals surface area contributed by atoms with E-state index < -0.39 is 0 Å². The molecule has 2 aromatic rings. The van der Waals surface area contributed by atoms with Gasteiger partial charge in [0.15, 0.2) is 0 Å². The number of hydrogen-bond donors (Lipinski definition) is 0. The SMILES string of the molecule is CC(C)(C#N)CCn1c(CC#N)nc2ccccc21. The Hall–Kier alpha value is -2.33. The van der Waals surface area contributed by atoms with Crippen LogP contribution < -0.4 is 0 Å². The molecule has 0 fully saturated rings. The highest BCUT2D eigenvalue weighted by atomic mass is 15.1. The monoisotopic (exact) mass is 252 g/mol. The van der Waals surface area contributed by atoms with Gasteiger partial charge in [-0.2, -0.15) is 10.5 Å². The zero-order valence-electron chi connectivity index (χ0n) is 11.2. The summed E-state index contributed by atoms with van der Waals surface area (Å²) in [5, 5.41) is 18.0. The Morgan fingerprint density at radius 2 is 2.00 bits per heavy atom. The van der Waals surface area contributed by atoms with Gasteiger partial charge in [0.25, 0.3) is 0 Å². The fourth-order valence-electron chi connectivity index (χ4n) is 2.03. The predicted octanol–water partition coefficient (Wildman–Crippen LogP) is 3.04. The van der Waals surface area contributed by atoms with Crippen LogP contribution in [0.4, 0.5) is 0 Å². The summed E-state index contributed by atoms with van der Waals surface area (Å²) in [6.07, 6.45) is 1.03. The minimum absolute atomic E-state index is 0.293. The maximum Gasteiger partial charge on any atom is 0.124 e. The maximum atomic E-state index is 9.08. The summed E-state index contributed by atoms with van der Waals surface area (Å²) in [6, 6.07) is 12.3. The predicted molar refractivity (Wildman–Crippen MR) is 73.1 cm³/mol. The third kappa shape index (κ3) is 2.74. The first-order chi connectivity index (χ1) is 9.07. The number of aromatic nitrogens is 2. The zero-order valence-corrected chi connectivity index (χ0v) is 11.2. The van der Waals surface area contributed by atoms with Crippen LogP contribution in [0.3, 0.4) is 0 Å². The molecule has 2 rings (SSSR count). The van der Waals surface area contributed by atoms with Crippen molar-refractivity contribution in [3.63, 3.8) is 0 Å². The van der Waals surface area contributed by atoms with Crippen molar-refractivity contribution in [1.82, 2.24) is 9.55 Å². The highest BCUT2D eigenvalue weighted by molar-refractivity contribution is 5.75. The second-order valence-electron chi connectivity index (χ2n) is 5.25. The molecule has 96 valence electrons. The molecule has 0 aliphatic rings. The largest absolute Gasteiger partial charge is 0.327 e. The minimum Gasteiger partial charge on any atom is -0.327 e. The van der Waals surface area contributed by atoms with Gasteiger partial charge in [-0.25, -0.2) is 4.98 Å². The number of rotatable bonds is 4. The first kappa shape index (κ1) is 13.1. The van der Waals surface area contributed by atoms with E-state index >= 15 is 0 Å². The maximum absolute atomic E-state index is 9.08. The molecule has 0 atom stereocenters. The summed E-state index contributed by atoms with van der Waals surface area (Å²) in [6.45, 7) is 4.56. The lowest BCUT2D eigenvalue weighted by Crippen LogP contribution is -2.13. The molecule has 19 heavy (non-hydrogen) atoms. The molecule has 0 spiro atoms. The second-order valence-corrected chi connectivity index (χ2v) is 5.25.